The van der Waals surface area contributed by atoms with Crippen LogP contribution in [0.3, 0.4) is 0 Å². The number of carbonyl (C=O) groups is 2. The van der Waals surface area contributed by atoms with Crippen LogP contribution in [0.1, 0.15) is 33.1 Å². The predicted molar refractivity (Wildman–Crippen MR) is 98.1 cm³/mol. The number of hydrogen-bond acceptors (Lipinski definition) is 4. The van der Waals surface area contributed by atoms with Gasteiger partial charge in [0.15, 0.2) is 0 Å². The Morgan fingerprint density at radius 3 is 2.50 bits per heavy atom. The number of urea groups is 1. The summed E-state index contributed by atoms with van der Waals surface area (Å²) in [5.74, 6) is 0.495. The Labute approximate surface area is 158 Å². The highest BCUT2D eigenvalue weighted by atomic mass is 35.5. The molecule has 6 nitrogen and oxygen atoms in total. The molecule has 26 heavy (non-hydrogen) atoms. The maximum Gasteiger partial charge on any atom is 0.325 e. The van der Waals surface area contributed by atoms with E-state index in [9.17, 15) is 14.7 Å². The molecule has 3 unspecified atom stereocenters. The lowest BCUT2D eigenvalue weighted by atomic mass is 9.67. The Bertz CT molecular complexity index is 669. The molecule has 7 heteroatoms. The zero-order valence-corrected chi connectivity index (χ0v) is 15.8. The molecule has 2 N–H and O–H groups in total. The van der Waals surface area contributed by atoms with Crippen LogP contribution in [-0.2, 0) is 4.79 Å². The minimum absolute atomic E-state index is 0.0171. The number of carbonyl (C=O) groups excluding carboxylic acids is 2. The molecule has 142 valence electrons. The predicted octanol–water partition coefficient (Wildman–Crippen LogP) is 2.83. The van der Waals surface area contributed by atoms with Crippen LogP contribution in [0.2, 0.25) is 5.02 Å². The number of rotatable bonds is 5. The summed E-state index contributed by atoms with van der Waals surface area (Å²) in [6.45, 7) is 3.92. The quantitative estimate of drug-likeness (QED) is 0.770. The van der Waals surface area contributed by atoms with Gasteiger partial charge in [0.25, 0.3) is 5.91 Å². The first kappa shape index (κ1) is 19.0. The molecule has 3 amide bonds. The number of β-amino-alcohol motifs (C(OH)–C–C–N with tert-alkyl or cyclic N) is 1. The molecule has 3 atom stereocenters. The molecule has 1 aromatic rings. The Hall–Kier alpha value is -1.79. The van der Waals surface area contributed by atoms with Crippen LogP contribution >= 0.6 is 11.6 Å². The van der Waals surface area contributed by atoms with Gasteiger partial charge in [-0.25, -0.2) is 4.79 Å². The highest BCUT2D eigenvalue weighted by Gasteiger charge is 2.58. The fraction of sp³-hybridized carbons (Fsp3) is 0.579. The first-order valence-electron chi connectivity index (χ1n) is 9.05. The van der Waals surface area contributed by atoms with Crippen molar-refractivity contribution in [3.8, 4) is 5.75 Å². The molecule has 1 aromatic carbocycles. The van der Waals surface area contributed by atoms with Crippen LogP contribution in [0.4, 0.5) is 4.79 Å². The third-order valence-electron chi connectivity index (χ3n) is 5.64. The van der Waals surface area contributed by atoms with Crippen molar-refractivity contribution in [3.63, 3.8) is 0 Å². The highest BCUT2D eigenvalue weighted by molar-refractivity contribution is 6.30. The van der Waals surface area contributed by atoms with Crippen molar-refractivity contribution in [2.45, 2.75) is 44.8 Å². The largest absolute Gasteiger partial charge is 0.491 e. The van der Waals surface area contributed by atoms with E-state index < -0.39 is 17.7 Å². The number of aliphatic hydroxyl groups excluding tert-OH is 1. The lowest BCUT2D eigenvalue weighted by Crippen LogP contribution is -2.59. The molecular weight excluding hydrogens is 356 g/mol. The Morgan fingerprint density at radius 2 is 1.88 bits per heavy atom. The van der Waals surface area contributed by atoms with Crippen molar-refractivity contribution >= 4 is 23.5 Å². The summed E-state index contributed by atoms with van der Waals surface area (Å²) in [6, 6.07) is 6.35. The standard InChI is InChI=1S/C19H25ClN2O4/c1-12-4-3-5-13(2)19(12)17(24)22(18(25)21-19)10-15(23)11-26-16-8-6-14(20)7-9-16/h6-9,12-13,15,23H,3-5,10-11H2,1-2H3,(H,21,25). The molecule has 1 spiro atoms. The number of ether oxygens (including phenoxy) is 1. The number of imide groups is 1. The summed E-state index contributed by atoms with van der Waals surface area (Å²) in [4.78, 5) is 26.6. The molecule has 2 fully saturated rings. The van der Waals surface area contributed by atoms with E-state index in [0.29, 0.717) is 10.8 Å². The average molecular weight is 381 g/mol. The Morgan fingerprint density at radius 1 is 1.27 bits per heavy atom. The second kappa shape index (κ2) is 7.45. The maximum absolute atomic E-state index is 13.0. The molecule has 1 heterocycles. The number of nitrogens with zero attached hydrogens (tertiary/aromatic N) is 1. The van der Waals surface area contributed by atoms with Gasteiger partial charge < -0.3 is 15.2 Å². The van der Waals surface area contributed by atoms with Crippen molar-refractivity contribution in [2.24, 2.45) is 11.8 Å². The minimum atomic E-state index is -0.968. The van der Waals surface area contributed by atoms with Gasteiger partial charge >= 0.3 is 6.03 Å². The highest BCUT2D eigenvalue weighted by Crippen LogP contribution is 2.42. The van der Waals surface area contributed by atoms with E-state index in [4.69, 9.17) is 16.3 Å². The molecule has 0 bridgehead atoms. The number of hydrogen-bond donors (Lipinski definition) is 2. The molecule has 0 radical (unpaired) electrons. The van der Waals surface area contributed by atoms with Crippen molar-refractivity contribution < 1.29 is 19.4 Å². The maximum atomic E-state index is 13.0. The smallest absolute Gasteiger partial charge is 0.325 e. The third-order valence-corrected chi connectivity index (χ3v) is 5.89. The average Bonchev–Trinajstić information content (AvgIpc) is 2.85. The Balaban J connectivity index is 1.63. The minimum Gasteiger partial charge on any atom is -0.491 e. The summed E-state index contributed by atoms with van der Waals surface area (Å²) in [5, 5.41) is 13.8. The van der Waals surface area contributed by atoms with E-state index in [1.54, 1.807) is 24.3 Å². The van der Waals surface area contributed by atoms with Gasteiger partial charge in [0.05, 0.1) is 6.54 Å². The number of halogens is 1. The number of aliphatic hydroxyl groups is 1. The van der Waals surface area contributed by atoms with Crippen molar-refractivity contribution in [2.75, 3.05) is 13.2 Å². The fourth-order valence-electron chi connectivity index (χ4n) is 4.11. The summed E-state index contributed by atoms with van der Waals surface area (Å²) in [5.41, 5.74) is -0.841. The van der Waals surface area contributed by atoms with Crippen LogP contribution < -0.4 is 10.1 Å². The van der Waals surface area contributed by atoms with Gasteiger partial charge in [0.2, 0.25) is 0 Å². The Kier molecular flexibility index (Phi) is 5.44. The molecular formula is C19H25ClN2O4. The van der Waals surface area contributed by atoms with Crippen LogP contribution in [0.25, 0.3) is 0 Å². The van der Waals surface area contributed by atoms with Crippen molar-refractivity contribution in [1.29, 1.82) is 0 Å². The lowest BCUT2D eigenvalue weighted by Gasteiger charge is -2.42. The topological polar surface area (TPSA) is 78.9 Å². The summed E-state index contributed by atoms with van der Waals surface area (Å²) < 4.78 is 5.50. The summed E-state index contributed by atoms with van der Waals surface area (Å²) in [6.07, 6.45) is 1.91. The van der Waals surface area contributed by atoms with E-state index in [0.717, 1.165) is 24.2 Å². The molecule has 0 aromatic heterocycles. The number of amides is 3. The third kappa shape index (κ3) is 3.40. The van der Waals surface area contributed by atoms with Gasteiger partial charge in [0, 0.05) is 5.02 Å². The second-order valence-corrected chi connectivity index (χ2v) is 7.80. The number of nitrogens with one attached hydrogen (secondary N) is 1. The second-order valence-electron chi connectivity index (χ2n) is 7.37. The van der Waals surface area contributed by atoms with E-state index in [1.165, 1.54) is 0 Å². The van der Waals surface area contributed by atoms with E-state index >= 15 is 0 Å². The molecule has 1 saturated carbocycles. The van der Waals surface area contributed by atoms with E-state index in [2.05, 4.69) is 5.32 Å². The lowest BCUT2D eigenvalue weighted by molar-refractivity contribution is -0.137. The zero-order chi connectivity index (χ0) is 18.9. The van der Waals surface area contributed by atoms with Crippen LogP contribution in [0, 0.1) is 11.8 Å². The molecule has 1 aliphatic carbocycles. The first-order chi connectivity index (χ1) is 12.3. The first-order valence-corrected chi connectivity index (χ1v) is 9.43. The van der Waals surface area contributed by atoms with Gasteiger partial charge in [-0.2, -0.15) is 0 Å². The van der Waals surface area contributed by atoms with Crippen LogP contribution in [-0.4, -0.2) is 46.7 Å². The van der Waals surface area contributed by atoms with Gasteiger partial charge in [-0.15, -0.1) is 0 Å². The fourth-order valence-corrected chi connectivity index (χ4v) is 4.23. The van der Waals surface area contributed by atoms with Crippen molar-refractivity contribution in [1.82, 2.24) is 10.2 Å². The SMILES string of the molecule is CC1CCCC(C)C12NC(=O)N(CC(O)COc1ccc(Cl)cc1)C2=O. The van der Waals surface area contributed by atoms with Crippen LogP contribution in [0.15, 0.2) is 24.3 Å². The van der Waals surface area contributed by atoms with Gasteiger partial charge in [-0.1, -0.05) is 31.9 Å². The normalized spacial score (nSPS) is 29.8. The van der Waals surface area contributed by atoms with Crippen LogP contribution in [0.5, 0.6) is 5.75 Å². The molecule has 1 saturated heterocycles. The summed E-state index contributed by atoms with van der Waals surface area (Å²) >= 11 is 5.82. The van der Waals surface area contributed by atoms with Gasteiger partial charge in [-0.3, -0.25) is 9.69 Å². The van der Waals surface area contributed by atoms with Gasteiger partial charge in [-0.05, 0) is 48.9 Å². The van der Waals surface area contributed by atoms with Gasteiger partial charge in [0.1, 0.15) is 24.0 Å². The van der Waals surface area contributed by atoms with E-state index in [-0.39, 0.29) is 30.9 Å². The van der Waals surface area contributed by atoms with Crippen molar-refractivity contribution in [3.05, 3.63) is 29.3 Å². The summed E-state index contributed by atoms with van der Waals surface area (Å²) in [7, 11) is 0. The molecule has 3 rings (SSSR count). The monoisotopic (exact) mass is 380 g/mol. The zero-order valence-electron chi connectivity index (χ0n) is 15.1. The molecule has 2 aliphatic rings. The molecule has 1 aliphatic heterocycles. The van der Waals surface area contributed by atoms with E-state index in [1.807, 2.05) is 13.8 Å². The number of benzene rings is 1.